The van der Waals surface area contributed by atoms with E-state index in [0.29, 0.717) is 12.8 Å². The van der Waals surface area contributed by atoms with Crippen LogP contribution in [0.2, 0.25) is 0 Å². The Morgan fingerprint density at radius 3 is 1.53 bits per heavy atom. The molecule has 0 N–H and O–H groups in total. The van der Waals surface area contributed by atoms with E-state index in [1.165, 1.54) is 0 Å². The molecule has 1 aliphatic rings. The van der Waals surface area contributed by atoms with E-state index < -0.39 is 23.5 Å². The summed E-state index contributed by atoms with van der Waals surface area (Å²) in [6.07, 6.45) is -10.1. The Kier molecular flexibility index (Phi) is 3.56. The number of rotatable bonds is 0. The first-order valence-corrected chi connectivity index (χ1v) is 5.30. The summed E-state index contributed by atoms with van der Waals surface area (Å²) >= 11 is 0. The van der Waals surface area contributed by atoms with Gasteiger partial charge in [0.25, 0.3) is 0 Å². The van der Waals surface area contributed by atoms with E-state index in [-0.39, 0.29) is 18.3 Å². The van der Waals surface area contributed by atoms with Crippen LogP contribution in [-0.2, 0) is 0 Å². The Labute approximate surface area is 95.7 Å². The SMILES string of the molecule is CC1(C)CCC(=C(C(F)(F)F)C(F)(F)F)CC1. The van der Waals surface area contributed by atoms with Crippen molar-refractivity contribution in [3.05, 3.63) is 11.1 Å². The van der Waals surface area contributed by atoms with Gasteiger partial charge in [0.05, 0.1) is 0 Å². The van der Waals surface area contributed by atoms with E-state index in [0.717, 1.165) is 0 Å². The van der Waals surface area contributed by atoms with E-state index in [1.54, 1.807) is 0 Å². The molecule has 100 valence electrons. The predicted octanol–water partition coefficient (Wildman–Crippen LogP) is 5.01. The number of halogens is 6. The third-order valence-corrected chi connectivity index (χ3v) is 3.13. The molecule has 0 atom stereocenters. The number of hydrogen-bond donors (Lipinski definition) is 0. The molecule has 0 heterocycles. The first kappa shape index (κ1) is 14.4. The van der Waals surface area contributed by atoms with Crippen molar-refractivity contribution in [2.24, 2.45) is 5.41 Å². The Bertz CT molecular complexity index is 290. The molecule has 0 spiro atoms. The van der Waals surface area contributed by atoms with Gasteiger partial charge < -0.3 is 0 Å². The first-order valence-electron chi connectivity index (χ1n) is 5.30. The second kappa shape index (κ2) is 4.21. The summed E-state index contributed by atoms with van der Waals surface area (Å²) in [4.78, 5) is 0. The summed E-state index contributed by atoms with van der Waals surface area (Å²) < 4.78 is 74.5. The van der Waals surface area contributed by atoms with Gasteiger partial charge in [0, 0.05) is 0 Å². The minimum atomic E-state index is -5.31. The highest BCUT2D eigenvalue weighted by Crippen LogP contribution is 2.47. The van der Waals surface area contributed by atoms with Crippen LogP contribution < -0.4 is 0 Å². The first-order chi connectivity index (χ1) is 7.43. The molecule has 0 aromatic rings. The van der Waals surface area contributed by atoms with Crippen LogP contribution in [-0.4, -0.2) is 12.4 Å². The quantitative estimate of drug-likeness (QED) is 0.424. The standard InChI is InChI=1S/C11H14F6/c1-9(2)5-3-7(4-6-9)8(10(12,13)14)11(15,16)17/h3-6H2,1-2H3. The summed E-state index contributed by atoms with van der Waals surface area (Å²) in [5.74, 6) is 0. The van der Waals surface area contributed by atoms with Crippen LogP contribution in [0.4, 0.5) is 26.3 Å². The molecule has 1 aliphatic carbocycles. The van der Waals surface area contributed by atoms with Crippen LogP contribution in [0.25, 0.3) is 0 Å². The lowest BCUT2D eigenvalue weighted by molar-refractivity contribution is -0.173. The van der Waals surface area contributed by atoms with Gasteiger partial charge in [-0.2, -0.15) is 26.3 Å². The van der Waals surface area contributed by atoms with Crippen LogP contribution in [0.1, 0.15) is 39.5 Å². The van der Waals surface area contributed by atoms with Crippen molar-refractivity contribution in [3.63, 3.8) is 0 Å². The van der Waals surface area contributed by atoms with Crippen molar-refractivity contribution in [2.45, 2.75) is 51.9 Å². The van der Waals surface area contributed by atoms with Crippen molar-refractivity contribution < 1.29 is 26.3 Å². The molecule has 6 heteroatoms. The number of allylic oxidation sites excluding steroid dienone is 2. The highest BCUT2D eigenvalue weighted by atomic mass is 19.4. The average Bonchev–Trinajstić information content (AvgIpc) is 2.03. The summed E-state index contributed by atoms with van der Waals surface area (Å²) in [5.41, 5.74) is -2.96. The van der Waals surface area contributed by atoms with Gasteiger partial charge in [-0.05, 0) is 31.1 Å². The summed E-state index contributed by atoms with van der Waals surface area (Å²) in [6.45, 7) is 3.70. The summed E-state index contributed by atoms with van der Waals surface area (Å²) in [5, 5.41) is 0. The fourth-order valence-electron chi connectivity index (χ4n) is 2.04. The van der Waals surface area contributed by atoms with Crippen molar-refractivity contribution in [3.8, 4) is 0 Å². The maximum absolute atomic E-state index is 12.4. The van der Waals surface area contributed by atoms with E-state index in [1.807, 2.05) is 13.8 Å². The van der Waals surface area contributed by atoms with Crippen LogP contribution >= 0.6 is 0 Å². The monoisotopic (exact) mass is 260 g/mol. The molecule has 0 radical (unpaired) electrons. The molecule has 0 amide bonds. The maximum atomic E-state index is 12.4. The lowest BCUT2D eigenvalue weighted by atomic mass is 9.74. The van der Waals surface area contributed by atoms with E-state index in [9.17, 15) is 26.3 Å². The molecule has 0 saturated heterocycles. The van der Waals surface area contributed by atoms with Gasteiger partial charge in [-0.3, -0.25) is 0 Å². The molecule has 0 bridgehead atoms. The van der Waals surface area contributed by atoms with E-state index in [4.69, 9.17) is 0 Å². The van der Waals surface area contributed by atoms with Gasteiger partial charge in [0.15, 0.2) is 0 Å². The normalized spacial score (nSPS) is 21.5. The average molecular weight is 260 g/mol. The molecule has 0 unspecified atom stereocenters. The lowest BCUT2D eigenvalue weighted by Gasteiger charge is -2.32. The van der Waals surface area contributed by atoms with Gasteiger partial charge in [-0.1, -0.05) is 19.4 Å². The van der Waals surface area contributed by atoms with E-state index >= 15 is 0 Å². The second-order valence-corrected chi connectivity index (χ2v) is 5.14. The van der Waals surface area contributed by atoms with Gasteiger partial charge in [0.2, 0.25) is 0 Å². The zero-order chi connectivity index (χ0) is 13.5. The molecule has 0 aliphatic heterocycles. The Morgan fingerprint density at radius 1 is 0.882 bits per heavy atom. The molecule has 0 aromatic heterocycles. The zero-order valence-electron chi connectivity index (χ0n) is 9.60. The number of alkyl halides is 6. The zero-order valence-corrected chi connectivity index (χ0v) is 9.60. The van der Waals surface area contributed by atoms with Crippen molar-refractivity contribution in [1.82, 2.24) is 0 Å². The van der Waals surface area contributed by atoms with E-state index in [2.05, 4.69) is 0 Å². The molecule has 17 heavy (non-hydrogen) atoms. The molecular weight excluding hydrogens is 246 g/mol. The summed E-state index contributed by atoms with van der Waals surface area (Å²) in [7, 11) is 0. The third kappa shape index (κ3) is 3.64. The highest BCUT2D eigenvalue weighted by Gasteiger charge is 2.52. The molecule has 1 rings (SSSR count). The predicted molar refractivity (Wildman–Crippen MR) is 51.4 cm³/mol. The fourth-order valence-corrected chi connectivity index (χ4v) is 2.04. The number of hydrogen-bond acceptors (Lipinski definition) is 0. The Morgan fingerprint density at radius 2 is 1.24 bits per heavy atom. The summed E-state index contributed by atoms with van der Waals surface area (Å²) in [6, 6.07) is 0. The minimum absolute atomic E-state index is 0.124. The van der Waals surface area contributed by atoms with Crippen molar-refractivity contribution in [2.75, 3.05) is 0 Å². The molecule has 1 saturated carbocycles. The van der Waals surface area contributed by atoms with Gasteiger partial charge in [0.1, 0.15) is 5.57 Å². The van der Waals surface area contributed by atoms with Crippen LogP contribution in [0.5, 0.6) is 0 Å². The van der Waals surface area contributed by atoms with Gasteiger partial charge >= 0.3 is 12.4 Å². The van der Waals surface area contributed by atoms with Crippen molar-refractivity contribution in [1.29, 1.82) is 0 Å². The Hall–Kier alpha value is -0.680. The van der Waals surface area contributed by atoms with Crippen molar-refractivity contribution >= 4 is 0 Å². The molecule has 0 nitrogen and oxygen atoms in total. The van der Waals surface area contributed by atoms with Crippen LogP contribution in [0, 0.1) is 5.41 Å². The van der Waals surface area contributed by atoms with Gasteiger partial charge in [-0.25, -0.2) is 0 Å². The highest BCUT2D eigenvalue weighted by molar-refractivity contribution is 5.25. The maximum Gasteiger partial charge on any atom is 0.421 e. The molecular formula is C11H14F6. The molecule has 0 aromatic carbocycles. The topological polar surface area (TPSA) is 0 Å². The van der Waals surface area contributed by atoms with Gasteiger partial charge in [-0.15, -0.1) is 0 Å². The minimum Gasteiger partial charge on any atom is -0.166 e. The third-order valence-electron chi connectivity index (χ3n) is 3.13. The largest absolute Gasteiger partial charge is 0.421 e. The Balaban J connectivity index is 3.07. The molecule has 1 fully saturated rings. The van der Waals surface area contributed by atoms with Crippen LogP contribution in [0.3, 0.4) is 0 Å². The second-order valence-electron chi connectivity index (χ2n) is 5.14. The van der Waals surface area contributed by atoms with Crippen LogP contribution in [0.15, 0.2) is 11.1 Å². The smallest absolute Gasteiger partial charge is 0.166 e. The lowest BCUT2D eigenvalue weighted by Crippen LogP contribution is -2.30. The fraction of sp³-hybridized carbons (Fsp3) is 0.818.